The molecule has 0 amide bonds. The van der Waals surface area contributed by atoms with E-state index in [0.29, 0.717) is 5.41 Å². The van der Waals surface area contributed by atoms with Gasteiger partial charge in [0.15, 0.2) is 0 Å². The molecule has 88 valence electrons. The summed E-state index contributed by atoms with van der Waals surface area (Å²) in [6.45, 7) is 5.02. The van der Waals surface area contributed by atoms with Crippen molar-refractivity contribution in [2.45, 2.75) is 57.9 Å². The van der Waals surface area contributed by atoms with Crippen LogP contribution in [0.5, 0.6) is 0 Å². The lowest BCUT2D eigenvalue weighted by Gasteiger charge is -2.32. The third kappa shape index (κ3) is 2.91. The zero-order chi connectivity index (χ0) is 10.7. The van der Waals surface area contributed by atoms with Crippen LogP contribution in [0.1, 0.15) is 51.9 Å². The fourth-order valence-corrected chi connectivity index (χ4v) is 3.30. The van der Waals surface area contributed by atoms with E-state index in [1.54, 1.807) is 0 Å². The van der Waals surface area contributed by atoms with Gasteiger partial charge in [-0.1, -0.05) is 19.8 Å². The van der Waals surface area contributed by atoms with Crippen molar-refractivity contribution in [3.05, 3.63) is 0 Å². The molecule has 0 aromatic heterocycles. The lowest BCUT2D eigenvalue weighted by Crippen LogP contribution is -2.39. The smallest absolute Gasteiger partial charge is 0.00928 e. The van der Waals surface area contributed by atoms with Gasteiger partial charge in [0.25, 0.3) is 0 Å². The molecule has 0 bridgehead atoms. The highest BCUT2D eigenvalue weighted by Crippen LogP contribution is 2.47. The molecule has 1 saturated heterocycles. The minimum Gasteiger partial charge on any atom is -0.300 e. The summed E-state index contributed by atoms with van der Waals surface area (Å²) < 4.78 is 0. The summed E-state index contributed by atoms with van der Waals surface area (Å²) >= 11 is 4.52. The lowest BCUT2D eigenvalue weighted by molar-refractivity contribution is 0.164. The van der Waals surface area contributed by atoms with Crippen LogP contribution in [0.25, 0.3) is 0 Å². The van der Waals surface area contributed by atoms with Crippen molar-refractivity contribution in [2.75, 3.05) is 18.8 Å². The summed E-state index contributed by atoms with van der Waals surface area (Å²) in [4.78, 5) is 2.77. The van der Waals surface area contributed by atoms with Gasteiger partial charge >= 0.3 is 0 Å². The number of nitrogens with zero attached hydrogens (tertiary/aromatic N) is 1. The molecule has 15 heavy (non-hydrogen) atoms. The molecule has 0 radical (unpaired) electrons. The van der Waals surface area contributed by atoms with Gasteiger partial charge < -0.3 is 0 Å². The van der Waals surface area contributed by atoms with E-state index in [9.17, 15) is 0 Å². The number of hydrogen-bond acceptors (Lipinski definition) is 2. The zero-order valence-corrected chi connectivity index (χ0v) is 10.9. The van der Waals surface area contributed by atoms with Crippen LogP contribution >= 0.6 is 12.6 Å². The second kappa shape index (κ2) is 5.09. The van der Waals surface area contributed by atoms with E-state index >= 15 is 0 Å². The van der Waals surface area contributed by atoms with Crippen molar-refractivity contribution in [3.8, 4) is 0 Å². The molecule has 1 heterocycles. The normalized spacial score (nSPS) is 31.2. The van der Waals surface area contributed by atoms with Crippen LogP contribution in [0, 0.1) is 5.41 Å². The Bertz CT molecular complexity index is 201. The summed E-state index contributed by atoms with van der Waals surface area (Å²) in [6, 6.07) is 0.866. The average Bonchev–Trinajstić information content (AvgIpc) is 3.04. The second-order valence-corrected chi connectivity index (χ2v) is 5.86. The Kier molecular flexibility index (Phi) is 4.00. The molecular formula is C13H25NS. The predicted molar refractivity (Wildman–Crippen MR) is 69.6 cm³/mol. The molecule has 1 aliphatic carbocycles. The highest BCUT2D eigenvalue weighted by atomic mass is 32.1. The van der Waals surface area contributed by atoms with Gasteiger partial charge in [0.2, 0.25) is 0 Å². The Balaban J connectivity index is 1.91. The van der Waals surface area contributed by atoms with Gasteiger partial charge in [0.1, 0.15) is 0 Å². The van der Waals surface area contributed by atoms with Crippen molar-refractivity contribution < 1.29 is 0 Å². The number of hydrogen-bond donors (Lipinski definition) is 1. The van der Waals surface area contributed by atoms with Crippen LogP contribution < -0.4 is 0 Å². The van der Waals surface area contributed by atoms with Crippen LogP contribution in [0.2, 0.25) is 0 Å². The number of likely N-dealkylation sites (tertiary alicyclic amines) is 1. The third-order valence-corrected chi connectivity index (χ3v) is 4.97. The van der Waals surface area contributed by atoms with Gasteiger partial charge in [-0.3, -0.25) is 4.90 Å². The molecule has 0 spiro atoms. The molecule has 1 atom stereocenters. The van der Waals surface area contributed by atoms with Gasteiger partial charge in [0.05, 0.1) is 0 Å². The average molecular weight is 227 g/mol. The molecule has 2 aliphatic rings. The minimum atomic E-state index is 0.612. The number of thiol groups is 1. The molecule has 0 N–H and O–H groups in total. The molecule has 1 unspecified atom stereocenters. The predicted octanol–water partition coefficient (Wildman–Crippen LogP) is 3.35. The Hall–Kier alpha value is 0.310. The maximum atomic E-state index is 4.52. The Morgan fingerprint density at radius 1 is 1.27 bits per heavy atom. The summed E-state index contributed by atoms with van der Waals surface area (Å²) in [5, 5.41) is 0. The molecular weight excluding hydrogens is 202 g/mol. The van der Waals surface area contributed by atoms with E-state index in [2.05, 4.69) is 24.5 Å². The Labute approximate surface area is 100 Å². The van der Waals surface area contributed by atoms with E-state index in [-0.39, 0.29) is 0 Å². The summed E-state index contributed by atoms with van der Waals surface area (Å²) in [5.74, 6) is 1.10. The first-order chi connectivity index (χ1) is 7.29. The van der Waals surface area contributed by atoms with Crippen LogP contribution in [0.15, 0.2) is 0 Å². The maximum Gasteiger partial charge on any atom is 0.00928 e. The van der Waals surface area contributed by atoms with E-state index in [1.807, 2.05) is 0 Å². The van der Waals surface area contributed by atoms with Crippen LogP contribution in [0.4, 0.5) is 0 Å². The first kappa shape index (κ1) is 11.8. The van der Waals surface area contributed by atoms with Gasteiger partial charge in [-0.15, -0.1) is 0 Å². The van der Waals surface area contributed by atoms with Crippen LogP contribution in [-0.4, -0.2) is 29.8 Å². The summed E-state index contributed by atoms with van der Waals surface area (Å²) in [6.07, 6.45) is 9.91. The second-order valence-electron chi connectivity index (χ2n) is 5.54. The lowest BCUT2D eigenvalue weighted by atomic mass is 10.0. The highest BCUT2D eigenvalue weighted by Gasteiger charge is 2.43. The van der Waals surface area contributed by atoms with E-state index < -0.39 is 0 Å². The van der Waals surface area contributed by atoms with Crippen LogP contribution in [0.3, 0.4) is 0 Å². The summed E-state index contributed by atoms with van der Waals surface area (Å²) in [5.41, 5.74) is 0.612. The fraction of sp³-hybridized carbons (Fsp3) is 1.00. The monoisotopic (exact) mass is 227 g/mol. The molecule has 2 rings (SSSR count). The molecule has 0 aromatic rings. The standard InChI is InChI=1S/C13H25NS/c1-2-12-6-4-3-5-9-14(12)10-13(11-15)7-8-13/h12,15H,2-11H2,1H3. The third-order valence-electron chi connectivity index (χ3n) is 4.30. The molecule has 1 aliphatic heterocycles. The SMILES string of the molecule is CCC1CCCCCN1CC1(CS)CC1. The fourth-order valence-electron chi connectivity index (χ4n) is 2.88. The molecule has 1 saturated carbocycles. The Morgan fingerprint density at radius 3 is 2.67 bits per heavy atom. The van der Waals surface area contributed by atoms with Crippen molar-refractivity contribution in [1.82, 2.24) is 4.90 Å². The van der Waals surface area contributed by atoms with Gasteiger partial charge in [-0.25, -0.2) is 0 Å². The van der Waals surface area contributed by atoms with Crippen molar-refractivity contribution in [1.29, 1.82) is 0 Å². The van der Waals surface area contributed by atoms with Crippen molar-refractivity contribution in [3.63, 3.8) is 0 Å². The van der Waals surface area contributed by atoms with Gasteiger partial charge in [0, 0.05) is 12.6 Å². The minimum absolute atomic E-state index is 0.612. The summed E-state index contributed by atoms with van der Waals surface area (Å²) in [7, 11) is 0. The topological polar surface area (TPSA) is 3.24 Å². The van der Waals surface area contributed by atoms with E-state index in [4.69, 9.17) is 0 Å². The molecule has 2 fully saturated rings. The van der Waals surface area contributed by atoms with Crippen LogP contribution in [-0.2, 0) is 0 Å². The first-order valence-corrected chi connectivity index (χ1v) is 7.28. The quantitative estimate of drug-likeness (QED) is 0.721. The highest BCUT2D eigenvalue weighted by molar-refractivity contribution is 7.80. The first-order valence-electron chi connectivity index (χ1n) is 6.64. The molecule has 0 aromatic carbocycles. The van der Waals surface area contributed by atoms with Crippen molar-refractivity contribution >= 4 is 12.6 Å². The largest absolute Gasteiger partial charge is 0.300 e. The molecule has 2 heteroatoms. The molecule has 1 nitrogen and oxygen atoms in total. The zero-order valence-electron chi connectivity index (χ0n) is 10.0. The van der Waals surface area contributed by atoms with Crippen molar-refractivity contribution in [2.24, 2.45) is 5.41 Å². The van der Waals surface area contributed by atoms with E-state index in [0.717, 1.165) is 11.8 Å². The number of rotatable bonds is 4. The Morgan fingerprint density at radius 2 is 2.07 bits per heavy atom. The maximum absolute atomic E-state index is 4.52. The van der Waals surface area contributed by atoms with E-state index in [1.165, 1.54) is 58.0 Å². The van der Waals surface area contributed by atoms with Gasteiger partial charge in [-0.05, 0) is 49.8 Å². The van der Waals surface area contributed by atoms with Gasteiger partial charge in [-0.2, -0.15) is 12.6 Å².